The number of nitrogens with zero attached hydrogens (tertiary/aromatic N) is 3. The quantitative estimate of drug-likeness (QED) is 0.595. The van der Waals surface area contributed by atoms with E-state index in [4.69, 9.17) is 4.42 Å². The molecule has 0 unspecified atom stereocenters. The second kappa shape index (κ2) is 6.40. The number of aromatic nitrogens is 3. The van der Waals surface area contributed by atoms with Crippen LogP contribution in [0, 0.1) is 0 Å². The van der Waals surface area contributed by atoms with Gasteiger partial charge in [0.1, 0.15) is 5.76 Å². The van der Waals surface area contributed by atoms with Gasteiger partial charge < -0.3 is 14.3 Å². The van der Waals surface area contributed by atoms with Crippen LogP contribution in [0.1, 0.15) is 22.0 Å². The maximum atomic E-state index is 12.2. The van der Waals surface area contributed by atoms with E-state index in [1.807, 2.05) is 22.2 Å². The Bertz CT molecular complexity index is 1060. The van der Waals surface area contributed by atoms with Crippen LogP contribution in [0.4, 0.5) is 0 Å². The Labute approximate surface area is 146 Å². The number of furan rings is 1. The molecule has 0 atom stereocenters. The molecule has 7 nitrogen and oxygen atoms in total. The molecule has 0 aliphatic heterocycles. The summed E-state index contributed by atoms with van der Waals surface area (Å²) in [5.41, 5.74) is 0.660. The number of fused-ring (bicyclic) bond motifs is 1. The zero-order chi connectivity index (χ0) is 17.2. The van der Waals surface area contributed by atoms with Crippen molar-refractivity contribution in [3.05, 3.63) is 81.9 Å². The van der Waals surface area contributed by atoms with E-state index in [0.717, 1.165) is 10.7 Å². The van der Waals surface area contributed by atoms with Gasteiger partial charge in [-0.2, -0.15) is 0 Å². The van der Waals surface area contributed by atoms with Gasteiger partial charge in [0.2, 0.25) is 0 Å². The van der Waals surface area contributed by atoms with Crippen LogP contribution in [0.25, 0.3) is 4.96 Å². The van der Waals surface area contributed by atoms with Crippen molar-refractivity contribution in [2.24, 2.45) is 0 Å². The molecule has 0 bridgehead atoms. The van der Waals surface area contributed by atoms with Crippen LogP contribution < -0.4 is 10.9 Å². The van der Waals surface area contributed by atoms with Gasteiger partial charge in [-0.1, -0.05) is 6.07 Å². The summed E-state index contributed by atoms with van der Waals surface area (Å²) in [6.45, 7) is 0.603. The number of amides is 1. The molecule has 0 saturated heterocycles. The van der Waals surface area contributed by atoms with Crippen molar-refractivity contribution in [3.8, 4) is 0 Å². The fraction of sp³-hybridized carbons (Fsp3) is 0.118. The lowest BCUT2D eigenvalue weighted by Gasteiger charge is -2.02. The van der Waals surface area contributed by atoms with Gasteiger partial charge in [-0.05, 0) is 18.2 Å². The van der Waals surface area contributed by atoms with Crippen molar-refractivity contribution in [1.82, 2.24) is 19.3 Å². The molecule has 0 aliphatic rings. The number of carbonyl (C=O) groups excluding carboxylic acids is 1. The zero-order valence-electron chi connectivity index (χ0n) is 13.1. The molecule has 0 aliphatic carbocycles. The highest BCUT2D eigenvalue weighted by Crippen LogP contribution is 2.12. The van der Waals surface area contributed by atoms with Gasteiger partial charge in [-0.15, -0.1) is 11.3 Å². The molecule has 4 heterocycles. The van der Waals surface area contributed by atoms with Crippen LogP contribution in [0.3, 0.4) is 0 Å². The van der Waals surface area contributed by atoms with Crippen LogP contribution in [0.2, 0.25) is 0 Å². The SMILES string of the molecule is O=C(NCc1cn2ccsc2n1)c1ccc(Cn2ccccc2=O)o1. The largest absolute Gasteiger partial charge is 0.454 e. The molecule has 0 spiro atoms. The molecule has 4 aromatic rings. The summed E-state index contributed by atoms with van der Waals surface area (Å²) in [5, 5.41) is 4.73. The Morgan fingerprint density at radius 3 is 3.00 bits per heavy atom. The molecule has 126 valence electrons. The van der Waals surface area contributed by atoms with E-state index in [0.29, 0.717) is 12.3 Å². The van der Waals surface area contributed by atoms with E-state index >= 15 is 0 Å². The molecule has 0 saturated carbocycles. The minimum Gasteiger partial charge on any atom is -0.454 e. The number of thiazole rings is 1. The first kappa shape index (κ1) is 15.4. The third kappa shape index (κ3) is 3.24. The van der Waals surface area contributed by atoms with E-state index in [1.54, 1.807) is 30.5 Å². The normalized spacial score (nSPS) is 11.0. The highest BCUT2D eigenvalue weighted by Gasteiger charge is 2.12. The molecule has 0 aromatic carbocycles. The number of imidazole rings is 1. The molecule has 25 heavy (non-hydrogen) atoms. The standard InChI is InChI=1S/C17H14N4O3S/c22-15-3-1-2-6-20(15)11-13-4-5-14(24-13)16(23)18-9-12-10-21-7-8-25-17(21)19-12/h1-8,10H,9,11H2,(H,18,23). The first-order valence-electron chi connectivity index (χ1n) is 7.62. The molecule has 4 rings (SSSR count). The minimum absolute atomic E-state index is 0.121. The second-order valence-electron chi connectivity index (χ2n) is 5.44. The molecule has 1 amide bonds. The van der Waals surface area contributed by atoms with Crippen LogP contribution in [-0.2, 0) is 13.1 Å². The van der Waals surface area contributed by atoms with Crippen molar-refractivity contribution < 1.29 is 9.21 Å². The van der Waals surface area contributed by atoms with Crippen LogP contribution in [-0.4, -0.2) is 19.9 Å². The number of hydrogen-bond acceptors (Lipinski definition) is 5. The van der Waals surface area contributed by atoms with E-state index in [2.05, 4.69) is 10.3 Å². The first-order valence-corrected chi connectivity index (χ1v) is 8.50. The van der Waals surface area contributed by atoms with Crippen molar-refractivity contribution >= 4 is 22.2 Å². The third-order valence-corrected chi connectivity index (χ3v) is 4.45. The predicted molar refractivity (Wildman–Crippen MR) is 92.8 cm³/mol. The lowest BCUT2D eigenvalue weighted by atomic mass is 10.3. The molecule has 0 fully saturated rings. The van der Waals surface area contributed by atoms with Crippen molar-refractivity contribution in [2.75, 3.05) is 0 Å². The lowest BCUT2D eigenvalue weighted by molar-refractivity contribution is 0.0920. The van der Waals surface area contributed by atoms with Crippen LogP contribution >= 0.6 is 11.3 Å². The molecule has 4 aromatic heterocycles. The molecule has 0 radical (unpaired) electrons. The maximum absolute atomic E-state index is 12.2. The van der Waals surface area contributed by atoms with Gasteiger partial charge >= 0.3 is 0 Å². The number of nitrogens with one attached hydrogen (secondary N) is 1. The van der Waals surface area contributed by atoms with Crippen molar-refractivity contribution in [1.29, 1.82) is 0 Å². The highest BCUT2D eigenvalue weighted by molar-refractivity contribution is 7.15. The summed E-state index contributed by atoms with van der Waals surface area (Å²) in [6.07, 6.45) is 5.47. The number of hydrogen-bond donors (Lipinski definition) is 1. The van der Waals surface area contributed by atoms with Gasteiger partial charge in [-0.3, -0.25) is 14.0 Å². The minimum atomic E-state index is -0.317. The van der Waals surface area contributed by atoms with E-state index in [1.165, 1.54) is 22.0 Å². The van der Waals surface area contributed by atoms with Crippen LogP contribution in [0.5, 0.6) is 0 Å². The first-order chi connectivity index (χ1) is 12.2. The predicted octanol–water partition coefficient (Wildman–Crippen LogP) is 2.13. The molecular formula is C17H14N4O3S. The number of pyridine rings is 1. The Balaban J connectivity index is 1.41. The molecule has 8 heteroatoms. The van der Waals surface area contributed by atoms with Crippen molar-refractivity contribution in [2.45, 2.75) is 13.1 Å². The fourth-order valence-corrected chi connectivity index (χ4v) is 3.18. The Kier molecular flexibility index (Phi) is 3.95. The number of rotatable bonds is 5. The van der Waals surface area contributed by atoms with E-state index in [-0.39, 0.29) is 23.8 Å². The summed E-state index contributed by atoms with van der Waals surface area (Å²) in [5.74, 6) is 0.434. The lowest BCUT2D eigenvalue weighted by Crippen LogP contribution is -2.22. The average molecular weight is 354 g/mol. The second-order valence-corrected chi connectivity index (χ2v) is 6.31. The Morgan fingerprint density at radius 1 is 1.24 bits per heavy atom. The zero-order valence-corrected chi connectivity index (χ0v) is 13.9. The van der Waals surface area contributed by atoms with E-state index in [9.17, 15) is 9.59 Å². The summed E-state index contributed by atoms with van der Waals surface area (Å²) in [6, 6.07) is 8.23. The van der Waals surface area contributed by atoms with Gasteiger partial charge in [-0.25, -0.2) is 4.98 Å². The highest BCUT2D eigenvalue weighted by atomic mass is 32.1. The summed E-state index contributed by atoms with van der Waals surface area (Å²) >= 11 is 1.54. The topological polar surface area (TPSA) is 81.5 Å². The fourth-order valence-electron chi connectivity index (χ4n) is 2.46. The summed E-state index contributed by atoms with van der Waals surface area (Å²) < 4.78 is 8.97. The van der Waals surface area contributed by atoms with Gasteiger partial charge in [0.05, 0.1) is 18.8 Å². The van der Waals surface area contributed by atoms with Crippen LogP contribution in [0.15, 0.2) is 63.5 Å². The third-order valence-electron chi connectivity index (χ3n) is 3.68. The smallest absolute Gasteiger partial charge is 0.287 e. The Hall–Kier alpha value is -3.13. The Morgan fingerprint density at radius 2 is 2.16 bits per heavy atom. The average Bonchev–Trinajstić information content (AvgIpc) is 3.30. The van der Waals surface area contributed by atoms with E-state index < -0.39 is 0 Å². The molecular weight excluding hydrogens is 340 g/mol. The van der Waals surface area contributed by atoms with Crippen molar-refractivity contribution in [3.63, 3.8) is 0 Å². The van der Waals surface area contributed by atoms with Gasteiger partial charge in [0, 0.05) is 30.0 Å². The summed E-state index contributed by atoms with van der Waals surface area (Å²) in [7, 11) is 0. The van der Waals surface area contributed by atoms with Gasteiger partial charge in [0.15, 0.2) is 10.7 Å². The maximum Gasteiger partial charge on any atom is 0.287 e. The summed E-state index contributed by atoms with van der Waals surface area (Å²) in [4.78, 5) is 29.2. The van der Waals surface area contributed by atoms with Gasteiger partial charge in [0.25, 0.3) is 11.5 Å². The number of carbonyl (C=O) groups is 1. The monoisotopic (exact) mass is 354 g/mol. The molecule has 1 N–H and O–H groups in total.